The Morgan fingerprint density at radius 2 is 1.83 bits per heavy atom. The summed E-state index contributed by atoms with van der Waals surface area (Å²) in [4.78, 5) is 35.3. The van der Waals surface area contributed by atoms with Crippen LogP contribution in [0.3, 0.4) is 0 Å². The number of nitrogen functional groups attached to an aromatic ring is 1. The fraction of sp³-hybridized carbons (Fsp3) is 0.156. The first-order valence-corrected chi connectivity index (χ1v) is 13.6. The van der Waals surface area contributed by atoms with Gasteiger partial charge in [0.15, 0.2) is 5.65 Å². The van der Waals surface area contributed by atoms with E-state index in [1.807, 2.05) is 13.0 Å². The third-order valence-corrected chi connectivity index (χ3v) is 7.51. The molecule has 208 valence electrons. The molecule has 1 fully saturated rings. The Morgan fingerprint density at radius 3 is 2.64 bits per heavy atom. The maximum absolute atomic E-state index is 14.4. The summed E-state index contributed by atoms with van der Waals surface area (Å²) in [5, 5.41) is 8.78. The van der Waals surface area contributed by atoms with Crippen LogP contribution in [0.5, 0.6) is 0 Å². The van der Waals surface area contributed by atoms with Gasteiger partial charge in [-0.1, -0.05) is 36.4 Å². The van der Waals surface area contributed by atoms with E-state index in [0.717, 1.165) is 12.8 Å². The molecule has 7 rings (SSSR count). The smallest absolute Gasteiger partial charge is 0.251 e. The van der Waals surface area contributed by atoms with E-state index in [9.17, 15) is 14.0 Å². The zero-order valence-corrected chi connectivity index (χ0v) is 22.5. The van der Waals surface area contributed by atoms with Crippen molar-refractivity contribution in [1.82, 2.24) is 25.1 Å². The first kappa shape index (κ1) is 25.6. The second-order valence-corrected chi connectivity index (χ2v) is 10.4. The van der Waals surface area contributed by atoms with Crippen molar-refractivity contribution in [3.8, 4) is 22.4 Å². The highest BCUT2D eigenvalue weighted by atomic mass is 19.1. The van der Waals surface area contributed by atoms with Gasteiger partial charge in [-0.15, -0.1) is 0 Å². The predicted molar refractivity (Wildman–Crippen MR) is 157 cm³/mol. The molecule has 10 heteroatoms. The molecule has 1 aliphatic rings. The second kappa shape index (κ2) is 9.91. The summed E-state index contributed by atoms with van der Waals surface area (Å²) in [6.07, 6.45) is 3.30. The fourth-order valence-electron chi connectivity index (χ4n) is 5.25. The van der Waals surface area contributed by atoms with Crippen LogP contribution in [0, 0.1) is 5.82 Å². The molecule has 6 aromatic rings. The molecule has 1 unspecified atom stereocenters. The molecule has 3 heterocycles. The van der Waals surface area contributed by atoms with E-state index >= 15 is 0 Å². The average molecular weight is 561 g/mol. The summed E-state index contributed by atoms with van der Waals surface area (Å²) in [6, 6.07) is 19.5. The van der Waals surface area contributed by atoms with E-state index in [1.54, 1.807) is 59.3 Å². The Kier molecular flexibility index (Phi) is 6.04. The minimum absolute atomic E-state index is 0.154. The van der Waals surface area contributed by atoms with Crippen molar-refractivity contribution in [2.75, 3.05) is 5.73 Å². The number of nitrogens with zero attached hydrogens (tertiary/aromatic N) is 4. The van der Waals surface area contributed by atoms with Crippen molar-refractivity contribution in [3.05, 3.63) is 106 Å². The lowest BCUT2D eigenvalue weighted by molar-refractivity contribution is 0.0951. The molecule has 0 radical (unpaired) electrons. The highest BCUT2D eigenvalue weighted by molar-refractivity contribution is 6.01. The van der Waals surface area contributed by atoms with Crippen molar-refractivity contribution in [3.63, 3.8) is 0 Å². The number of anilines is 1. The Bertz CT molecular complexity index is 2080. The van der Waals surface area contributed by atoms with E-state index in [-0.39, 0.29) is 34.5 Å². The first-order valence-electron chi connectivity index (χ1n) is 13.6. The lowest BCUT2D eigenvalue weighted by Crippen LogP contribution is -2.25. The molecule has 42 heavy (non-hydrogen) atoms. The monoisotopic (exact) mass is 560 g/mol. The Balaban J connectivity index is 1.43. The molecule has 1 amide bonds. The average Bonchev–Trinajstić information content (AvgIpc) is 3.73. The molecule has 3 aromatic heterocycles. The van der Waals surface area contributed by atoms with Gasteiger partial charge in [0.25, 0.3) is 5.91 Å². The number of para-hydroxylation sites is 1. The molecule has 0 saturated heterocycles. The molecule has 0 aliphatic heterocycles. The summed E-state index contributed by atoms with van der Waals surface area (Å²) in [7, 11) is 0. The van der Waals surface area contributed by atoms with Crippen LogP contribution >= 0.6 is 0 Å². The van der Waals surface area contributed by atoms with Crippen LogP contribution in [0.4, 0.5) is 10.2 Å². The van der Waals surface area contributed by atoms with Crippen LogP contribution in [0.15, 0.2) is 88.3 Å². The Morgan fingerprint density at radius 1 is 1.05 bits per heavy atom. The highest BCUT2D eigenvalue weighted by Crippen LogP contribution is 2.36. The standard InChI is InChI=1S/C32H25FN6O3/c1-17(29-25(18-6-5-9-21(33)15-18)28(40)23-10-2-3-11-24(23)42-29)39-31-26(30(34)35-16-36-31)27(38-39)19-7-4-8-20(14-19)32(41)37-22-12-13-22/h2-11,14-17,22H,12-13H2,1H3,(H,37,41)(H2,34,35,36). The number of nitrogens with two attached hydrogens (primary N) is 1. The van der Waals surface area contributed by atoms with Gasteiger partial charge in [0, 0.05) is 17.2 Å². The molecule has 9 nitrogen and oxygen atoms in total. The third kappa shape index (κ3) is 4.37. The van der Waals surface area contributed by atoms with Crippen LogP contribution in [-0.4, -0.2) is 31.7 Å². The Hall–Kier alpha value is -5.38. The predicted octanol–water partition coefficient (Wildman–Crippen LogP) is 5.49. The third-order valence-electron chi connectivity index (χ3n) is 7.51. The molecular formula is C32H25FN6O3. The van der Waals surface area contributed by atoms with Crippen LogP contribution in [-0.2, 0) is 0 Å². The molecule has 1 aliphatic carbocycles. The van der Waals surface area contributed by atoms with Gasteiger partial charge in [0.1, 0.15) is 41.0 Å². The van der Waals surface area contributed by atoms with Gasteiger partial charge in [-0.05, 0) is 61.7 Å². The molecule has 3 N–H and O–H groups in total. The molecule has 0 spiro atoms. The minimum Gasteiger partial charge on any atom is -0.458 e. The first-order chi connectivity index (χ1) is 20.4. The maximum atomic E-state index is 14.4. The van der Waals surface area contributed by atoms with Crippen LogP contribution in [0.25, 0.3) is 44.4 Å². The zero-order chi connectivity index (χ0) is 29.0. The number of fused-ring (bicyclic) bond motifs is 2. The summed E-state index contributed by atoms with van der Waals surface area (Å²) >= 11 is 0. The van der Waals surface area contributed by atoms with Gasteiger partial charge in [-0.3, -0.25) is 9.59 Å². The summed E-state index contributed by atoms with van der Waals surface area (Å²) in [5.41, 5.74) is 9.12. The number of hydrogen-bond donors (Lipinski definition) is 2. The number of nitrogens with one attached hydrogen (secondary N) is 1. The quantitative estimate of drug-likeness (QED) is 0.276. The number of amides is 1. The zero-order valence-electron chi connectivity index (χ0n) is 22.5. The Labute approximate surface area is 238 Å². The van der Waals surface area contributed by atoms with E-state index in [2.05, 4.69) is 15.3 Å². The number of benzene rings is 3. The van der Waals surface area contributed by atoms with E-state index in [4.69, 9.17) is 15.2 Å². The van der Waals surface area contributed by atoms with Crippen molar-refractivity contribution < 1.29 is 13.6 Å². The number of carbonyl (C=O) groups excluding carboxylic acids is 1. The van der Waals surface area contributed by atoms with E-state index < -0.39 is 11.9 Å². The second-order valence-electron chi connectivity index (χ2n) is 10.4. The van der Waals surface area contributed by atoms with E-state index in [0.29, 0.717) is 44.4 Å². The van der Waals surface area contributed by atoms with Gasteiger partial charge in [-0.2, -0.15) is 5.10 Å². The lowest BCUT2D eigenvalue weighted by atomic mass is 9.99. The number of halogens is 1. The molecule has 1 atom stereocenters. The molecular weight excluding hydrogens is 535 g/mol. The number of aromatic nitrogens is 4. The number of rotatable bonds is 6. The summed E-state index contributed by atoms with van der Waals surface area (Å²) in [5.74, 6) is -0.128. The van der Waals surface area contributed by atoms with Gasteiger partial charge >= 0.3 is 0 Å². The highest BCUT2D eigenvalue weighted by Gasteiger charge is 2.28. The fourth-order valence-corrected chi connectivity index (χ4v) is 5.25. The number of carbonyl (C=O) groups is 1. The molecule has 1 saturated carbocycles. The van der Waals surface area contributed by atoms with Gasteiger partial charge in [0.2, 0.25) is 5.43 Å². The lowest BCUT2D eigenvalue weighted by Gasteiger charge is -2.17. The van der Waals surface area contributed by atoms with Crippen LogP contribution < -0.4 is 16.5 Å². The van der Waals surface area contributed by atoms with Crippen molar-refractivity contribution in [2.24, 2.45) is 0 Å². The normalized spacial score (nSPS) is 13.9. The van der Waals surface area contributed by atoms with E-state index in [1.165, 1.54) is 18.5 Å². The van der Waals surface area contributed by atoms with Gasteiger partial charge in [0.05, 0.1) is 16.3 Å². The summed E-state index contributed by atoms with van der Waals surface area (Å²) < 4.78 is 22.3. The van der Waals surface area contributed by atoms with Gasteiger partial charge < -0.3 is 15.5 Å². The van der Waals surface area contributed by atoms with Crippen molar-refractivity contribution >= 4 is 33.7 Å². The summed E-state index contributed by atoms with van der Waals surface area (Å²) in [6.45, 7) is 1.82. The van der Waals surface area contributed by atoms with Crippen LogP contribution in [0.2, 0.25) is 0 Å². The minimum atomic E-state index is -0.674. The number of hydrogen-bond acceptors (Lipinski definition) is 7. The molecule has 3 aromatic carbocycles. The SMILES string of the molecule is CC(c1oc2ccccc2c(=O)c1-c1cccc(F)c1)n1nc(-c2cccc(C(=O)NC3CC3)c2)c2c(N)ncnc21. The van der Waals surface area contributed by atoms with Crippen LogP contribution in [0.1, 0.15) is 41.9 Å². The largest absolute Gasteiger partial charge is 0.458 e. The van der Waals surface area contributed by atoms with Crippen molar-refractivity contribution in [2.45, 2.75) is 31.8 Å². The topological polar surface area (TPSA) is 129 Å². The van der Waals surface area contributed by atoms with Crippen molar-refractivity contribution in [1.29, 1.82) is 0 Å². The maximum Gasteiger partial charge on any atom is 0.251 e. The van der Waals surface area contributed by atoms with Gasteiger partial charge in [-0.25, -0.2) is 19.0 Å². The molecule has 0 bridgehead atoms.